The van der Waals surface area contributed by atoms with Crippen molar-refractivity contribution in [1.29, 1.82) is 0 Å². The summed E-state index contributed by atoms with van der Waals surface area (Å²) in [6.07, 6.45) is 2.69. The summed E-state index contributed by atoms with van der Waals surface area (Å²) in [6, 6.07) is 17.3. The molecule has 3 rings (SSSR count). The van der Waals surface area contributed by atoms with Crippen molar-refractivity contribution >= 4 is 34.3 Å². The molecule has 3 amide bonds. The molecule has 10 nitrogen and oxygen atoms in total. The predicted octanol–water partition coefficient (Wildman–Crippen LogP) is 1.10. The molecule has 0 radical (unpaired) electrons. The maximum atomic E-state index is 13.2. The van der Waals surface area contributed by atoms with Gasteiger partial charge in [-0.15, -0.1) is 0 Å². The predicted molar refractivity (Wildman–Crippen MR) is 144 cm³/mol. The van der Waals surface area contributed by atoms with Gasteiger partial charge < -0.3 is 32.7 Å². The van der Waals surface area contributed by atoms with E-state index in [1.54, 1.807) is 6.20 Å². The van der Waals surface area contributed by atoms with E-state index in [1.807, 2.05) is 60.7 Å². The Labute approximate surface area is 216 Å². The molecular weight excluding hydrogens is 470 g/mol. The van der Waals surface area contributed by atoms with Crippen LogP contribution in [0.5, 0.6) is 0 Å². The van der Waals surface area contributed by atoms with Gasteiger partial charge in [-0.2, -0.15) is 0 Å². The van der Waals surface area contributed by atoms with Gasteiger partial charge in [0.25, 0.3) is 0 Å². The van der Waals surface area contributed by atoms with Gasteiger partial charge in [0.1, 0.15) is 6.04 Å². The van der Waals surface area contributed by atoms with Gasteiger partial charge in [0.05, 0.1) is 30.1 Å². The van der Waals surface area contributed by atoms with Crippen LogP contribution in [0.2, 0.25) is 0 Å². The minimum absolute atomic E-state index is 0.0445. The number of hydrogen-bond acceptors (Lipinski definition) is 7. The van der Waals surface area contributed by atoms with Crippen molar-refractivity contribution < 1.29 is 14.4 Å². The first-order valence-electron chi connectivity index (χ1n) is 12.3. The van der Waals surface area contributed by atoms with Gasteiger partial charge in [0.15, 0.2) is 0 Å². The smallest absolute Gasteiger partial charge is 0.247 e. The van der Waals surface area contributed by atoms with E-state index in [4.69, 9.17) is 17.2 Å². The molecule has 0 bridgehead atoms. The first kappa shape index (κ1) is 27.7. The van der Waals surface area contributed by atoms with Gasteiger partial charge >= 0.3 is 0 Å². The summed E-state index contributed by atoms with van der Waals surface area (Å²) in [6.45, 7) is 0.672. The van der Waals surface area contributed by atoms with Crippen LogP contribution >= 0.6 is 0 Å². The Morgan fingerprint density at radius 3 is 2.41 bits per heavy atom. The molecule has 0 aliphatic heterocycles. The fraction of sp³-hybridized carbons (Fsp3) is 0.333. The molecule has 0 aliphatic rings. The van der Waals surface area contributed by atoms with Crippen LogP contribution < -0.4 is 27.8 Å². The number of nitrogens with zero attached hydrogens (tertiary/aromatic N) is 2. The largest absolute Gasteiger partial charge is 0.343 e. The zero-order valence-electron chi connectivity index (χ0n) is 20.8. The Bertz CT molecular complexity index is 1190. The molecule has 0 aliphatic carbocycles. The SMILES string of the molecule is NCCN(CN)C(=O)CC[C@H](N)C(=O)N[C@H](CCc1ccccc1)C(=O)Nc1cnc2ccccc2c1. The molecule has 0 saturated carbocycles. The molecule has 2 atom stereocenters. The lowest BCUT2D eigenvalue weighted by molar-refractivity contribution is -0.132. The second kappa shape index (κ2) is 14.0. The van der Waals surface area contributed by atoms with E-state index in [1.165, 1.54) is 4.90 Å². The second-order valence-corrected chi connectivity index (χ2v) is 8.76. The monoisotopic (exact) mass is 505 g/mol. The molecule has 0 saturated heterocycles. The third-order valence-corrected chi connectivity index (χ3v) is 6.03. The highest BCUT2D eigenvalue weighted by Crippen LogP contribution is 2.17. The summed E-state index contributed by atoms with van der Waals surface area (Å²) in [4.78, 5) is 44.2. The van der Waals surface area contributed by atoms with Gasteiger partial charge in [-0.25, -0.2) is 0 Å². The summed E-state index contributed by atoms with van der Waals surface area (Å²) in [7, 11) is 0. The Morgan fingerprint density at radius 1 is 0.946 bits per heavy atom. The van der Waals surface area contributed by atoms with Gasteiger partial charge in [-0.3, -0.25) is 19.4 Å². The fourth-order valence-electron chi connectivity index (χ4n) is 3.91. The highest BCUT2D eigenvalue weighted by atomic mass is 16.2. The lowest BCUT2D eigenvalue weighted by atomic mass is 10.0. The van der Waals surface area contributed by atoms with Crippen LogP contribution in [0.3, 0.4) is 0 Å². The molecule has 1 heterocycles. The van der Waals surface area contributed by atoms with Gasteiger partial charge in [-0.05, 0) is 37.0 Å². The zero-order chi connectivity index (χ0) is 26.6. The number of pyridine rings is 1. The maximum Gasteiger partial charge on any atom is 0.247 e. The lowest BCUT2D eigenvalue weighted by Gasteiger charge is -2.22. The summed E-state index contributed by atoms with van der Waals surface area (Å²) < 4.78 is 0. The number of aromatic nitrogens is 1. The van der Waals surface area contributed by atoms with Crippen LogP contribution in [0.4, 0.5) is 5.69 Å². The highest BCUT2D eigenvalue weighted by molar-refractivity contribution is 5.99. The van der Waals surface area contributed by atoms with E-state index >= 15 is 0 Å². The van der Waals surface area contributed by atoms with Gasteiger partial charge in [0.2, 0.25) is 17.7 Å². The number of fused-ring (bicyclic) bond motifs is 1. The van der Waals surface area contributed by atoms with E-state index in [0.29, 0.717) is 31.6 Å². The van der Waals surface area contributed by atoms with Crippen LogP contribution in [-0.4, -0.2) is 59.4 Å². The molecule has 0 fully saturated rings. The van der Waals surface area contributed by atoms with Crippen LogP contribution in [-0.2, 0) is 20.8 Å². The average Bonchev–Trinajstić information content (AvgIpc) is 2.92. The Kier molecular flexibility index (Phi) is 10.5. The van der Waals surface area contributed by atoms with E-state index in [9.17, 15) is 14.4 Å². The molecule has 10 heteroatoms. The van der Waals surface area contributed by atoms with Crippen molar-refractivity contribution in [3.05, 3.63) is 72.4 Å². The summed E-state index contributed by atoms with van der Waals surface area (Å²) in [5.41, 5.74) is 19.5. The third-order valence-electron chi connectivity index (χ3n) is 6.03. The van der Waals surface area contributed by atoms with Crippen LogP contribution in [0.15, 0.2) is 66.9 Å². The minimum Gasteiger partial charge on any atom is -0.343 e. The highest BCUT2D eigenvalue weighted by Gasteiger charge is 2.25. The number of para-hydroxylation sites is 1. The van der Waals surface area contributed by atoms with E-state index in [0.717, 1.165) is 16.5 Å². The van der Waals surface area contributed by atoms with Crippen molar-refractivity contribution in [1.82, 2.24) is 15.2 Å². The van der Waals surface area contributed by atoms with Crippen molar-refractivity contribution in [3.8, 4) is 0 Å². The topological polar surface area (TPSA) is 169 Å². The first-order chi connectivity index (χ1) is 17.9. The second-order valence-electron chi connectivity index (χ2n) is 8.76. The number of nitrogens with two attached hydrogens (primary N) is 3. The van der Waals surface area contributed by atoms with Crippen LogP contribution in [0, 0.1) is 0 Å². The number of hydrogen-bond donors (Lipinski definition) is 5. The summed E-state index contributed by atoms with van der Waals surface area (Å²) in [5, 5.41) is 6.52. The van der Waals surface area contributed by atoms with E-state index < -0.39 is 18.0 Å². The van der Waals surface area contributed by atoms with Crippen molar-refractivity contribution in [2.45, 2.75) is 37.8 Å². The van der Waals surface area contributed by atoms with Gasteiger partial charge in [-0.1, -0.05) is 48.5 Å². The van der Waals surface area contributed by atoms with Crippen molar-refractivity contribution in [2.75, 3.05) is 25.1 Å². The third kappa shape index (κ3) is 8.35. The molecule has 0 unspecified atom stereocenters. The lowest BCUT2D eigenvalue weighted by Crippen LogP contribution is -2.50. The first-order valence-corrected chi connectivity index (χ1v) is 12.3. The minimum atomic E-state index is -0.962. The van der Waals surface area contributed by atoms with E-state index in [2.05, 4.69) is 15.6 Å². The van der Waals surface area contributed by atoms with Crippen LogP contribution in [0.1, 0.15) is 24.8 Å². The quantitative estimate of drug-likeness (QED) is 0.217. The molecule has 1 aromatic heterocycles. The number of benzene rings is 2. The molecular formula is C27H35N7O3. The Morgan fingerprint density at radius 2 is 1.68 bits per heavy atom. The Balaban J connectivity index is 1.65. The number of rotatable bonds is 13. The standard InChI is InChI=1S/C27H35N7O3/c28-14-15-34(18-29)25(35)13-11-22(30)26(36)33-24(12-10-19-6-2-1-3-7-19)27(37)32-21-16-20-8-4-5-9-23(20)31-17-21/h1-9,16-17,22,24H,10-15,18,28-30H2,(H,32,37)(H,33,36)/t22-,24+/m0/s1. The average molecular weight is 506 g/mol. The molecule has 8 N–H and O–H groups in total. The number of carbonyl (C=O) groups excluding carboxylic acids is 3. The van der Waals surface area contributed by atoms with E-state index in [-0.39, 0.29) is 31.3 Å². The van der Waals surface area contributed by atoms with Gasteiger partial charge in [0, 0.05) is 24.9 Å². The number of nitrogens with one attached hydrogen (secondary N) is 2. The van der Waals surface area contributed by atoms with Crippen molar-refractivity contribution in [2.24, 2.45) is 17.2 Å². The molecule has 0 spiro atoms. The van der Waals surface area contributed by atoms with Crippen molar-refractivity contribution in [3.63, 3.8) is 0 Å². The fourth-order valence-corrected chi connectivity index (χ4v) is 3.91. The Hall–Kier alpha value is -3.86. The maximum absolute atomic E-state index is 13.2. The number of anilines is 1. The van der Waals surface area contributed by atoms with Crippen LogP contribution in [0.25, 0.3) is 10.9 Å². The molecule has 2 aromatic carbocycles. The molecule has 196 valence electrons. The molecule has 3 aromatic rings. The summed E-state index contributed by atoms with van der Waals surface area (Å²) >= 11 is 0. The normalized spacial score (nSPS) is 12.5. The zero-order valence-corrected chi connectivity index (χ0v) is 20.8. The number of amides is 3. The number of carbonyl (C=O) groups is 3. The molecule has 37 heavy (non-hydrogen) atoms. The summed E-state index contributed by atoms with van der Waals surface area (Å²) in [5.74, 6) is -1.10. The number of aryl methyl sites for hydroxylation is 1.